The van der Waals surface area contributed by atoms with Gasteiger partial charge in [0.25, 0.3) is 0 Å². The Morgan fingerprint density at radius 2 is 1.88 bits per heavy atom. The number of nitrogens with one attached hydrogen (secondary N) is 2. The molecule has 7 heteroatoms. The summed E-state index contributed by atoms with van der Waals surface area (Å²) in [5.74, 6) is -0.0737. The predicted octanol–water partition coefficient (Wildman–Crippen LogP) is 1.66. The summed E-state index contributed by atoms with van der Waals surface area (Å²) in [6.07, 6.45) is 2.29. The molecular formula is C18H26N4O3. The number of hydrogen-bond donors (Lipinski definition) is 2. The van der Waals surface area contributed by atoms with Gasteiger partial charge in [-0.2, -0.15) is 0 Å². The first-order chi connectivity index (χ1) is 12.1. The highest BCUT2D eigenvalue weighted by Gasteiger charge is 2.23. The molecular weight excluding hydrogens is 320 g/mol. The van der Waals surface area contributed by atoms with Gasteiger partial charge in [-0.25, -0.2) is 4.79 Å². The first-order valence-corrected chi connectivity index (χ1v) is 8.89. The van der Waals surface area contributed by atoms with Crippen molar-refractivity contribution in [3.8, 4) is 0 Å². The SMILES string of the molecule is CC(=O)Nc1ccc(N2CCN(C(=O)NCC3CCCO3)CC2)cc1. The molecule has 2 heterocycles. The molecule has 2 fully saturated rings. The smallest absolute Gasteiger partial charge is 0.317 e. The molecule has 2 saturated heterocycles. The Labute approximate surface area is 148 Å². The van der Waals surface area contributed by atoms with Crippen LogP contribution in [0.3, 0.4) is 0 Å². The number of nitrogens with zero attached hydrogens (tertiary/aromatic N) is 2. The summed E-state index contributed by atoms with van der Waals surface area (Å²) in [4.78, 5) is 27.4. The molecule has 1 atom stereocenters. The lowest BCUT2D eigenvalue weighted by atomic mass is 10.2. The van der Waals surface area contributed by atoms with Crippen LogP contribution in [0.4, 0.5) is 16.2 Å². The van der Waals surface area contributed by atoms with E-state index in [1.54, 1.807) is 0 Å². The molecule has 0 spiro atoms. The normalized spacial score (nSPS) is 20.4. The van der Waals surface area contributed by atoms with Crippen molar-refractivity contribution in [3.63, 3.8) is 0 Å². The van der Waals surface area contributed by atoms with Crippen LogP contribution in [-0.4, -0.2) is 62.3 Å². The number of amides is 3. The third-order valence-corrected chi connectivity index (χ3v) is 4.62. The van der Waals surface area contributed by atoms with Crippen LogP contribution in [0.1, 0.15) is 19.8 Å². The first kappa shape index (κ1) is 17.5. The first-order valence-electron chi connectivity index (χ1n) is 8.89. The molecule has 3 amide bonds. The van der Waals surface area contributed by atoms with E-state index >= 15 is 0 Å². The highest BCUT2D eigenvalue weighted by Crippen LogP contribution is 2.19. The summed E-state index contributed by atoms with van der Waals surface area (Å²) in [7, 11) is 0. The van der Waals surface area contributed by atoms with Crippen molar-refractivity contribution in [2.45, 2.75) is 25.9 Å². The number of anilines is 2. The molecule has 2 aliphatic heterocycles. The number of carbonyl (C=O) groups excluding carboxylic acids is 2. The lowest BCUT2D eigenvalue weighted by molar-refractivity contribution is -0.114. The molecule has 0 radical (unpaired) electrons. The van der Waals surface area contributed by atoms with Gasteiger partial charge in [-0.05, 0) is 37.1 Å². The van der Waals surface area contributed by atoms with Gasteiger partial charge in [0, 0.05) is 57.6 Å². The Balaban J connectivity index is 1.44. The maximum absolute atomic E-state index is 12.2. The number of urea groups is 1. The van der Waals surface area contributed by atoms with Crippen molar-refractivity contribution >= 4 is 23.3 Å². The fourth-order valence-electron chi connectivity index (χ4n) is 3.24. The number of hydrogen-bond acceptors (Lipinski definition) is 4. The molecule has 136 valence electrons. The Bertz CT molecular complexity index is 591. The minimum atomic E-state index is -0.0737. The topological polar surface area (TPSA) is 73.9 Å². The molecule has 2 N–H and O–H groups in total. The van der Waals surface area contributed by atoms with Gasteiger partial charge < -0.3 is 25.2 Å². The second-order valence-corrected chi connectivity index (χ2v) is 6.52. The second kappa shape index (κ2) is 8.20. The highest BCUT2D eigenvalue weighted by atomic mass is 16.5. The van der Waals surface area contributed by atoms with E-state index in [0.717, 1.165) is 43.9 Å². The molecule has 0 bridgehead atoms. The molecule has 2 aliphatic rings. The summed E-state index contributed by atoms with van der Waals surface area (Å²) in [6, 6.07) is 7.79. The van der Waals surface area contributed by atoms with Gasteiger partial charge in [0.15, 0.2) is 0 Å². The number of piperazine rings is 1. The fourth-order valence-corrected chi connectivity index (χ4v) is 3.24. The molecule has 7 nitrogen and oxygen atoms in total. The van der Waals surface area contributed by atoms with E-state index in [1.807, 2.05) is 29.2 Å². The summed E-state index contributed by atoms with van der Waals surface area (Å²) in [5, 5.41) is 5.74. The average Bonchev–Trinajstić information content (AvgIpc) is 3.13. The van der Waals surface area contributed by atoms with Crippen LogP contribution in [0, 0.1) is 0 Å². The Morgan fingerprint density at radius 1 is 1.16 bits per heavy atom. The van der Waals surface area contributed by atoms with Gasteiger partial charge >= 0.3 is 6.03 Å². The number of benzene rings is 1. The van der Waals surface area contributed by atoms with E-state index in [4.69, 9.17) is 4.74 Å². The van der Waals surface area contributed by atoms with E-state index in [2.05, 4.69) is 15.5 Å². The monoisotopic (exact) mass is 346 g/mol. The third kappa shape index (κ3) is 4.85. The van der Waals surface area contributed by atoms with Crippen molar-refractivity contribution in [2.75, 3.05) is 49.5 Å². The van der Waals surface area contributed by atoms with Gasteiger partial charge in [0.05, 0.1) is 6.10 Å². The van der Waals surface area contributed by atoms with Crippen LogP contribution in [0.5, 0.6) is 0 Å². The fraction of sp³-hybridized carbons (Fsp3) is 0.556. The molecule has 1 unspecified atom stereocenters. The van der Waals surface area contributed by atoms with Crippen molar-refractivity contribution in [3.05, 3.63) is 24.3 Å². The minimum absolute atomic E-state index is 0.00356. The quantitative estimate of drug-likeness (QED) is 0.869. The maximum atomic E-state index is 12.2. The maximum Gasteiger partial charge on any atom is 0.317 e. The zero-order valence-corrected chi connectivity index (χ0v) is 14.7. The van der Waals surface area contributed by atoms with Gasteiger partial charge in [-0.3, -0.25) is 4.79 Å². The van der Waals surface area contributed by atoms with E-state index in [9.17, 15) is 9.59 Å². The van der Waals surface area contributed by atoms with Crippen molar-refractivity contribution in [1.29, 1.82) is 0 Å². The predicted molar refractivity (Wildman–Crippen MR) is 96.9 cm³/mol. The highest BCUT2D eigenvalue weighted by molar-refractivity contribution is 5.88. The minimum Gasteiger partial charge on any atom is -0.376 e. The van der Waals surface area contributed by atoms with Crippen molar-refractivity contribution in [1.82, 2.24) is 10.2 Å². The lowest BCUT2D eigenvalue weighted by Crippen LogP contribution is -2.52. The zero-order chi connectivity index (χ0) is 17.6. The van der Waals surface area contributed by atoms with Crippen molar-refractivity contribution in [2.24, 2.45) is 0 Å². The number of rotatable bonds is 4. The van der Waals surface area contributed by atoms with E-state index in [1.165, 1.54) is 6.92 Å². The van der Waals surface area contributed by atoms with E-state index in [-0.39, 0.29) is 18.0 Å². The van der Waals surface area contributed by atoms with Crippen LogP contribution in [0.15, 0.2) is 24.3 Å². The Morgan fingerprint density at radius 3 is 2.48 bits per heavy atom. The van der Waals surface area contributed by atoms with Crippen LogP contribution >= 0.6 is 0 Å². The largest absolute Gasteiger partial charge is 0.376 e. The van der Waals surface area contributed by atoms with Crippen LogP contribution in [-0.2, 0) is 9.53 Å². The van der Waals surface area contributed by atoms with Crippen LogP contribution in [0.25, 0.3) is 0 Å². The molecule has 0 saturated carbocycles. The molecule has 25 heavy (non-hydrogen) atoms. The Hall–Kier alpha value is -2.28. The van der Waals surface area contributed by atoms with E-state index in [0.29, 0.717) is 19.6 Å². The molecule has 0 aliphatic carbocycles. The lowest BCUT2D eigenvalue weighted by Gasteiger charge is -2.36. The molecule has 1 aromatic rings. The van der Waals surface area contributed by atoms with Gasteiger partial charge in [0.2, 0.25) is 5.91 Å². The zero-order valence-electron chi connectivity index (χ0n) is 14.7. The molecule has 0 aromatic heterocycles. The summed E-state index contributed by atoms with van der Waals surface area (Å²) >= 11 is 0. The van der Waals surface area contributed by atoms with E-state index < -0.39 is 0 Å². The standard InChI is InChI=1S/C18H26N4O3/c1-14(23)20-15-4-6-16(7-5-15)21-8-10-22(11-9-21)18(24)19-13-17-3-2-12-25-17/h4-7,17H,2-3,8-13H2,1H3,(H,19,24)(H,20,23). The molecule has 1 aromatic carbocycles. The van der Waals surface area contributed by atoms with Gasteiger partial charge in [0.1, 0.15) is 0 Å². The Kier molecular flexibility index (Phi) is 5.75. The summed E-state index contributed by atoms with van der Waals surface area (Å²) in [6.45, 7) is 5.90. The van der Waals surface area contributed by atoms with Gasteiger partial charge in [-0.1, -0.05) is 0 Å². The summed E-state index contributed by atoms with van der Waals surface area (Å²) < 4.78 is 5.53. The molecule has 3 rings (SSSR count). The number of ether oxygens (including phenoxy) is 1. The third-order valence-electron chi connectivity index (χ3n) is 4.62. The summed E-state index contributed by atoms with van der Waals surface area (Å²) in [5.41, 5.74) is 1.90. The number of carbonyl (C=O) groups is 2. The second-order valence-electron chi connectivity index (χ2n) is 6.52. The van der Waals surface area contributed by atoms with Crippen LogP contribution in [0.2, 0.25) is 0 Å². The van der Waals surface area contributed by atoms with Crippen LogP contribution < -0.4 is 15.5 Å². The average molecular weight is 346 g/mol. The van der Waals surface area contributed by atoms with Gasteiger partial charge in [-0.15, -0.1) is 0 Å². The van der Waals surface area contributed by atoms with Crippen molar-refractivity contribution < 1.29 is 14.3 Å².